The lowest BCUT2D eigenvalue weighted by molar-refractivity contribution is -0.173. The molecule has 0 radical (unpaired) electrons. The van der Waals surface area contributed by atoms with Crippen LogP contribution < -0.4 is 10.1 Å². The molecule has 11 nitrogen and oxygen atoms in total. The minimum atomic E-state index is -1.28. The summed E-state index contributed by atoms with van der Waals surface area (Å²) in [6.07, 6.45) is 3.13. The molecule has 3 aromatic carbocycles. The van der Waals surface area contributed by atoms with Crippen molar-refractivity contribution in [3.63, 3.8) is 0 Å². The number of piperidine rings is 1. The molecule has 1 amide bonds. The van der Waals surface area contributed by atoms with E-state index in [9.17, 15) is 24.6 Å². The van der Waals surface area contributed by atoms with E-state index >= 15 is 0 Å². The van der Waals surface area contributed by atoms with Crippen molar-refractivity contribution in [3.8, 4) is 11.5 Å². The lowest BCUT2D eigenvalue weighted by atomic mass is 9.49. The molecule has 1 saturated carbocycles. The van der Waals surface area contributed by atoms with E-state index in [1.165, 1.54) is 12.8 Å². The third-order valence-corrected chi connectivity index (χ3v) is 11.9. The predicted octanol–water partition coefficient (Wildman–Crippen LogP) is 4.37. The van der Waals surface area contributed by atoms with Crippen LogP contribution in [0.5, 0.6) is 11.5 Å². The minimum absolute atomic E-state index is 0.0153. The lowest BCUT2D eigenvalue weighted by Crippen LogP contribution is -2.74. The summed E-state index contributed by atoms with van der Waals surface area (Å²) in [5.74, 6) is -0.797. The minimum Gasteiger partial charge on any atom is -0.504 e. The fraction of sp³-hybridized carbons (Fsp3) is 0.425. The van der Waals surface area contributed by atoms with Crippen molar-refractivity contribution in [2.75, 3.05) is 19.7 Å². The number of amides is 1. The van der Waals surface area contributed by atoms with Gasteiger partial charge in [-0.2, -0.15) is 0 Å². The number of carbonyl (C=O) groups is 3. The third kappa shape index (κ3) is 4.88. The summed E-state index contributed by atoms with van der Waals surface area (Å²) in [6, 6.07) is 16.8. The van der Waals surface area contributed by atoms with Crippen LogP contribution in [0.15, 0.2) is 60.7 Å². The van der Waals surface area contributed by atoms with Crippen LogP contribution in [-0.2, 0) is 43.9 Å². The molecule has 1 aromatic heterocycles. The summed E-state index contributed by atoms with van der Waals surface area (Å²) in [6.45, 7) is 3.57. The van der Waals surface area contributed by atoms with Gasteiger partial charge in [-0.3, -0.25) is 14.5 Å². The number of carbonyl (C=O) groups excluding carboxylic acids is 3. The van der Waals surface area contributed by atoms with Crippen molar-refractivity contribution >= 4 is 28.7 Å². The Morgan fingerprint density at radius 2 is 1.90 bits per heavy atom. The Hall–Kier alpha value is -4.87. The summed E-state index contributed by atoms with van der Waals surface area (Å²) in [5.41, 5.74) is 3.30. The van der Waals surface area contributed by atoms with Crippen molar-refractivity contribution < 1.29 is 38.8 Å². The van der Waals surface area contributed by atoms with Crippen LogP contribution in [0.1, 0.15) is 77.0 Å². The van der Waals surface area contributed by atoms with Gasteiger partial charge in [-0.15, -0.1) is 0 Å². The van der Waals surface area contributed by atoms with Gasteiger partial charge in [0.25, 0.3) is 5.91 Å². The summed E-state index contributed by atoms with van der Waals surface area (Å²) < 4.78 is 17.3. The normalized spacial score (nSPS) is 26.1. The molecule has 2 fully saturated rings. The third-order valence-electron chi connectivity index (χ3n) is 11.9. The van der Waals surface area contributed by atoms with Gasteiger partial charge < -0.3 is 34.7 Å². The standard InChI is InChI=1S/C40H41N3O8/c1-2-49-31(45)18-28(38(47)50-21-23-7-4-3-5-8-23)41-37(46)26-10-6-9-25-27-19-40(48)30-17-24-13-14-29(44)35-32(24)39(40,15-16-43(30)20-22-11-12-22)36(51-35)34(27)42-33(25)26/h3-10,13-14,22,28,30,36,42,44,48H,2,11-12,15-21H2,1H3,(H,41,46)/t28-,30-,36-,39-,40+/m0/s1. The number of para-hydroxylation sites is 1. The number of ether oxygens (including phenoxy) is 3. The van der Waals surface area contributed by atoms with Crippen molar-refractivity contribution in [1.29, 1.82) is 0 Å². The highest BCUT2D eigenvalue weighted by Crippen LogP contribution is 2.69. The zero-order valence-electron chi connectivity index (χ0n) is 28.4. The number of H-pyrrole nitrogens is 1. The van der Waals surface area contributed by atoms with Gasteiger partial charge in [-0.25, -0.2) is 4.79 Å². The Balaban J connectivity index is 1.08. The molecular formula is C40H41N3O8. The molecule has 3 aliphatic carbocycles. The van der Waals surface area contributed by atoms with Crippen LogP contribution in [0.4, 0.5) is 0 Å². The van der Waals surface area contributed by atoms with Crippen molar-refractivity contribution in [2.45, 2.75) is 81.3 Å². The second-order valence-electron chi connectivity index (χ2n) is 14.8. The van der Waals surface area contributed by atoms with E-state index in [-0.39, 0.29) is 30.6 Å². The molecule has 2 aliphatic heterocycles. The zero-order chi connectivity index (χ0) is 35.1. The molecule has 9 rings (SSSR count). The number of phenolic OH excluding ortho intramolecular Hbond substituents is 1. The molecule has 3 heterocycles. The molecule has 51 heavy (non-hydrogen) atoms. The van der Waals surface area contributed by atoms with E-state index in [0.29, 0.717) is 36.4 Å². The number of esters is 2. The number of phenols is 1. The van der Waals surface area contributed by atoms with E-state index in [0.717, 1.165) is 46.4 Å². The summed E-state index contributed by atoms with van der Waals surface area (Å²) in [7, 11) is 0. The second-order valence-corrected chi connectivity index (χ2v) is 14.8. The second kappa shape index (κ2) is 11.8. The quantitative estimate of drug-likeness (QED) is 0.178. The number of nitrogens with zero attached hydrogens (tertiary/aromatic N) is 1. The Labute approximate surface area is 294 Å². The van der Waals surface area contributed by atoms with E-state index in [2.05, 4.69) is 15.2 Å². The number of aromatic amines is 1. The summed E-state index contributed by atoms with van der Waals surface area (Å²) in [4.78, 5) is 45.9. The van der Waals surface area contributed by atoms with E-state index in [1.54, 1.807) is 25.1 Å². The first kappa shape index (κ1) is 32.1. The van der Waals surface area contributed by atoms with Crippen LogP contribution in [-0.4, -0.2) is 75.3 Å². The number of aromatic hydroxyl groups is 1. The average molecular weight is 692 g/mol. The summed E-state index contributed by atoms with van der Waals surface area (Å²) >= 11 is 0. The van der Waals surface area contributed by atoms with Gasteiger partial charge in [0.15, 0.2) is 17.6 Å². The number of aliphatic hydroxyl groups is 1. The van der Waals surface area contributed by atoms with Crippen LogP contribution in [0.25, 0.3) is 10.9 Å². The number of benzene rings is 3. The average Bonchev–Trinajstić information content (AvgIpc) is 3.76. The molecule has 2 bridgehead atoms. The number of aromatic nitrogens is 1. The number of nitrogens with one attached hydrogen (secondary N) is 2. The van der Waals surface area contributed by atoms with Gasteiger partial charge in [0.1, 0.15) is 12.6 Å². The Morgan fingerprint density at radius 3 is 2.69 bits per heavy atom. The molecule has 11 heteroatoms. The van der Waals surface area contributed by atoms with Gasteiger partial charge >= 0.3 is 11.9 Å². The predicted molar refractivity (Wildman–Crippen MR) is 185 cm³/mol. The number of hydrogen-bond donors (Lipinski definition) is 4. The SMILES string of the molecule is CCOC(=O)C[C@H](NC(=O)c1cccc2c3c([nH]c12)[C@@H]1Oc2c(O)ccc4c2[C@@]12CCN(CC1CC1)[C@@H](C4)[C@]2(O)C3)C(=O)OCc1ccccc1. The first-order valence-electron chi connectivity index (χ1n) is 18.0. The largest absolute Gasteiger partial charge is 0.504 e. The number of rotatable bonds is 10. The molecule has 4 aromatic rings. The maximum absolute atomic E-state index is 14.1. The molecule has 0 unspecified atom stereocenters. The number of fused-ring (bicyclic) bond motifs is 4. The smallest absolute Gasteiger partial charge is 0.329 e. The van der Waals surface area contributed by atoms with Gasteiger partial charge in [0.05, 0.1) is 40.8 Å². The fourth-order valence-electron chi connectivity index (χ4n) is 9.48. The molecular weight excluding hydrogens is 650 g/mol. The molecule has 5 aliphatic rings. The topological polar surface area (TPSA) is 150 Å². The first-order valence-corrected chi connectivity index (χ1v) is 18.0. The molecule has 4 N–H and O–H groups in total. The monoisotopic (exact) mass is 691 g/mol. The Morgan fingerprint density at radius 1 is 1.08 bits per heavy atom. The number of hydrogen-bond acceptors (Lipinski definition) is 9. The van der Waals surface area contributed by atoms with Gasteiger partial charge in [0.2, 0.25) is 0 Å². The van der Waals surface area contributed by atoms with Gasteiger partial charge in [-0.05, 0) is 73.9 Å². The van der Waals surface area contributed by atoms with Gasteiger partial charge in [0, 0.05) is 30.0 Å². The molecule has 1 saturated heterocycles. The van der Waals surface area contributed by atoms with E-state index in [4.69, 9.17) is 14.2 Å². The lowest BCUT2D eigenvalue weighted by Gasteiger charge is -2.62. The van der Waals surface area contributed by atoms with Gasteiger partial charge in [-0.1, -0.05) is 48.5 Å². The van der Waals surface area contributed by atoms with Crippen LogP contribution in [0, 0.1) is 5.92 Å². The fourth-order valence-corrected chi connectivity index (χ4v) is 9.48. The van der Waals surface area contributed by atoms with Crippen LogP contribution in [0.2, 0.25) is 0 Å². The van der Waals surface area contributed by atoms with E-state index in [1.807, 2.05) is 42.5 Å². The van der Waals surface area contributed by atoms with Crippen LogP contribution >= 0.6 is 0 Å². The highest BCUT2D eigenvalue weighted by Gasteiger charge is 2.73. The molecule has 5 atom stereocenters. The number of likely N-dealkylation sites (tertiary alicyclic amines) is 1. The maximum atomic E-state index is 14.1. The maximum Gasteiger partial charge on any atom is 0.329 e. The highest BCUT2D eigenvalue weighted by atomic mass is 16.5. The zero-order valence-corrected chi connectivity index (χ0v) is 28.4. The van der Waals surface area contributed by atoms with Crippen LogP contribution in [0.3, 0.4) is 0 Å². The highest BCUT2D eigenvalue weighted by molar-refractivity contribution is 6.08. The Bertz CT molecular complexity index is 2070. The van der Waals surface area contributed by atoms with Crippen molar-refractivity contribution in [2.24, 2.45) is 5.92 Å². The Kier molecular flexibility index (Phi) is 7.45. The van der Waals surface area contributed by atoms with E-state index < -0.39 is 47.4 Å². The molecule has 264 valence electrons. The van der Waals surface area contributed by atoms with Crippen molar-refractivity contribution in [3.05, 3.63) is 94.2 Å². The summed E-state index contributed by atoms with van der Waals surface area (Å²) in [5, 5.41) is 27.7. The van der Waals surface area contributed by atoms with Crippen molar-refractivity contribution in [1.82, 2.24) is 15.2 Å². The molecule has 1 spiro atoms. The first-order chi connectivity index (χ1) is 24.7.